The average Bonchev–Trinajstić information content (AvgIpc) is 2.72. The summed E-state index contributed by atoms with van der Waals surface area (Å²) in [5.74, 6) is 2.12. The van der Waals surface area contributed by atoms with Crippen LogP contribution in [0.15, 0.2) is 48.8 Å². The van der Waals surface area contributed by atoms with Crippen LogP contribution in [-0.2, 0) is 4.79 Å². The Hall–Kier alpha value is -2.36. The van der Waals surface area contributed by atoms with Crippen molar-refractivity contribution in [2.45, 2.75) is 51.4 Å². The van der Waals surface area contributed by atoms with Crippen molar-refractivity contribution in [1.82, 2.24) is 9.88 Å². The Morgan fingerprint density at radius 2 is 1.76 bits per heavy atom. The minimum Gasteiger partial charge on any atom is -0.370 e. The van der Waals surface area contributed by atoms with Gasteiger partial charge < -0.3 is 9.80 Å². The summed E-state index contributed by atoms with van der Waals surface area (Å²) in [6.07, 6.45) is 7.69. The average molecular weight is 392 g/mol. The first-order valence-electron chi connectivity index (χ1n) is 11.1. The molecule has 1 aromatic carbocycles. The van der Waals surface area contributed by atoms with Gasteiger partial charge in [0.05, 0.1) is 0 Å². The minimum absolute atomic E-state index is 0.341. The summed E-state index contributed by atoms with van der Waals surface area (Å²) in [5, 5.41) is 0. The van der Waals surface area contributed by atoms with Crippen molar-refractivity contribution < 1.29 is 4.79 Å². The third-order valence-corrected chi connectivity index (χ3v) is 6.55. The molecule has 2 aliphatic heterocycles. The van der Waals surface area contributed by atoms with Crippen molar-refractivity contribution in [2.75, 3.05) is 31.1 Å². The number of benzene rings is 1. The van der Waals surface area contributed by atoms with Crippen LogP contribution in [0.25, 0.3) is 0 Å². The van der Waals surface area contributed by atoms with Crippen LogP contribution < -0.4 is 4.90 Å². The maximum absolute atomic E-state index is 12.4. The first-order valence-corrected chi connectivity index (χ1v) is 11.1. The molecule has 1 amide bonds. The van der Waals surface area contributed by atoms with E-state index in [0.29, 0.717) is 30.1 Å². The first kappa shape index (κ1) is 19.9. The van der Waals surface area contributed by atoms with Crippen LogP contribution in [0.3, 0.4) is 0 Å². The van der Waals surface area contributed by atoms with Crippen LogP contribution in [0.1, 0.15) is 62.5 Å². The van der Waals surface area contributed by atoms with Gasteiger partial charge in [-0.3, -0.25) is 9.78 Å². The number of nitrogens with zero attached hydrogens (tertiary/aromatic N) is 3. The van der Waals surface area contributed by atoms with Gasteiger partial charge in [-0.25, -0.2) is 0 Å². The molecule has 0 N–H and O–H groups in total. The number of rotatable bonds is 6. The molecule has 3 heterocycles. The lowest BCUT2D eigenvalue weighted by atomic mass is 9.88. The Morgan fingerprint density at radius 1 is 1.03 bits per heavy atom. The van der Waals surface area contributed by atoms with Crippen LogP contribution in [0, 0.1) is 5.92 Å². The van der Waals surface area contributed by atoms with Crippen LogP contribution in [0.2, 0.25) is 0 Å². The number of carbonyl (C=O) groups excluding carboxylic acids is 1. The van der Waals surface area contributed by atoms with Gasteiger partial charge in [0.25, 0.3) is 0 Å². The standard InChI is InChI=1S/C25H33N3O/c1-19(2)5-10-25(29)27-14-11-21(12-15-27)20-6-8-24(9-7-20)28-17-23(18-28)22-4-3-13-26-16-22/h3-4,6-9,13,16,19,21,23H,5,10-12,14-15,17-18H2,1-2H3. The quantitative estimate of drug-likeness (QED) is 0.708. The highest BCUT2D eigenvalue weighted by molar-refractivity contribution is 5.76. The third kappa shape index (κ3) is 4.80. The molecule has 0 atom stereocenters. The highest BCUT2D eigenvalue weighted by Gasteiger charge is 2.29. The summed E-state index contributed by atoms with van der Waals surface area (Å²) < 4.78 is 0. The van der Waals surface area contributed by atoms with Crippen molar-refractivity contribution in [3.05, 3.63) is 59.9 Å². The molecule has 0 unspecified atom stereocenters. The van der Waals surface area contributed by atoms with Gasteiger partial charge in [-0.2, -0.15) is 0 Å². The summed E-state index contributed by atoms with van der Waals surface area (Å²) in [6.45, 7) is 8.32. The fourth-order valence-electron chi connectivity index (χ4n) is 4.51. The number of pyridine rings is 1. The van der Waals surface area contributed by atoms with Gasteiger partial charge in [-0.1, -0.05) is 32.0 Å². The second kappa shape index (κ2) is 8.98. The van der Waals surface area contributed by atoms with E-state index in [9.17, 15) is 4.79 Å². The molecular weight excluding hydrogens is 358 g/mol. The minimum atomic E-state index is 0.341. The number of hydrogen-bond donors (Lipinski definition) is 0. The molecule has 154 valence electrons. The number of hydrogen-bond acceptors (Lipinski definition) is 3. The molecule has 2 aromatic rings. The van der Waals surface area contributed by atoms with E-state index in [1.165, 1.54) is 16.8 Å². The van der Waals surface area contributed by atoms with Gasteiger partial charge >= 0.3 is 0 Å². The van der Waals surface area contributed by atoms with Gasteiger partial charge in [0.15, 0.2) is 0 Å². The summed E-state index contributed by atoms with van der Waals surface area (Å²) in [4.78, 5) is 21.1. The molecule has 2 saturated heterocycles. The van der Waals surface area contributed by atoms with Crippen LogP contribution in [0.4, 0.5) is 5.69 Å². The summed E-state index contributed by atoms with van der Waals surface area (Å²) >= 11 is 0. The molecule has 2 fully saturated rings. The summed E-state index contributed by atoms with van der Waals surface area (Å²) in [7, 11) is 0. The van der Waals surface area contributed by atoms with Crippen LogP contribution in [-0.4, -0.2) is 42.0 Å². The van der Waals surface area contributed by atoms with E-state index < -0.39 is 0 Å². The maximum atomic E-state index is 12.4. The molecule has 0 bridgehead atoms. The second-order valence-electron chi connectivity index (χ2n) is 9.07. The number of aromatic nitrogens is 1. The molecule has 4 rings (SSSR count). The zero-order valence-corrected chi connectivity index (χ0v) is 17.8. The molecular formula is C25H33N3O. The number of piperidine rings is 1. The zero-order valence-electron chi connectivity index (χ0n) is 17.8. The normalized spacial score (nSPS) is 18.2. The third-order valence-electron chi connectivity index (χ3n) is 6.55. The molecule has 0 radical (unpaired) electrons. The lowest BCUT2D eigenvalue weighted by Crippen LogP contribution is -2.45. The van der Waals surface area contributed by atoms with E-state index in [-0.39, 0.29) is 0 Å². The van der Waals surface area contributed by atoms with E-state index in [4.69, 9.17) is 0 Å². The Bertz CT molecular complexity index is 789. The largest absolute Gasteiger partial charge is 0.370 e. The van der Waals surface area contributed by atoms with Gasteiger partial charge in [0, 0.05) is 56.6 Å². The van der Waals surface area contributed by atoms with Crippen molar-refractivity contribution in [3.8, 4) is 0 Å². The van der Waals surface area contributed by atoms with Crippen molar-refractivity contribution >= 4 is 11.6 Å². The fraction of sp³-hybridized carbons (Fsp3) is 0.520. The second-order valence-corrected chi connectivity index (χ2v) is 9.07. The van der Waals surface area contributed by atoms with Crippen LogP contribution >= 0.6 is 0 Å². The van der Waals surface area contributed by atoms with E-state index in [1.54, 1.807) is 0 Å². The number of likely N-dealkylation sites (tertiary alicyclic amines) is 1. The summed E-state index contributed by atoms with van der Waals surface area (Å²) in [6, 6.07) is 13.3. The predicted octanol–water partition coefficient (Wildman–Crippen LogP) is 4.83. The van der Waals surface area contributed by atoms with E-state index >= 15 is 0 Å². The molecule has 29 heavy (non-hydrogen) atoms. The van der Waals surface area contributed by atoms with Gasteiger partial charge in [0.1, 0.15) is 0 Å². The molecule has 2 aliphatic rings. The molecule has 4 heteroatoms. The van der Waals surface area contributed by atoms with Gasteiger partial charge in [-0.05, 0) is 60.4 Å². The first-order chi connectivity index (χ1) is 14.1. The Morgan fingerprint density at radius 3 is 2.38 bits per heavy atom. The topological polar surface area (TPSA) is 36.4 Å². The number of anilines is 1. The molecule has 4 nitrogen and oxygen atoms in total. The smallest absolute Gasteiger partial charge is 0.222 e. The maximum Gasteiger partial charge on any atom is 0.222 e. The van der Waals surface area contributed by atoms with E-state index in [2.05, 4.69) is 59.0 Å². The highest BCUT2D eigenvalue weighted by atomic mass is 16.2. The van der Waals surface area contributed by atoms with E-state index in [0.717, 1.165) is 45.4 Å². The molecule has 1 aromatic heterocycles. The molecule has 0 spiro atoms. The highest BCUT2D eigenvalue weighted by Crippen LogP contribution is 2.34. The predicted molar refractivity (Wildman–Crippen MR) is 118 cm³/mol. The van der Waals surface area contributed by atoms with Gasteiger partial charge in [0.2, 0.25) is 5.91 Å². The lowest BCUT2D eigenvalue weighted by Gasteiger charge is -2.41. The monoisotopic (exact) mass is 391 g/mol. The molecule has 0 saturated carbocycles. The summed E-state index contributed by atoms with van der Waals surface area (Å²) in [5.41, 5.74) is 4.08. The van der Waals surface area contributed by atoms with Crippen molar-refractivity contribution in [2.24, 2.45) is 5.92 Å². The van der Waals surface area contributed by atoms with Crippen molar-refractivity contribution in [1.29, 1.82) is 0 Å². The van der Waals surface area contributed by atoms with Gasteiger partial charge in [-0.15, -0.1) is 0 Å². The Labute approximate surface area is 174 Å². The SMILES string of the molecule is CC(C)CCC(=O)N1CCC(c2ccc(N3CC(c4cccnc4)C3)cc2)CC1. The Balaban J connectivity index is 1.26. The number of amides is 1. The lowest BCUT2D eigenvalue weighted by molar-refractivity contribution is -0.132. The van der Waals surface area contributed by atoms with E-state index in [1.807, 2.05) is 18.5 Å². The van der Waals surface area contributed by atoms with Crippen molar-refractivity contribution in [3.63, 3.8) is 0 Å². The number of carbonyl (C=O) groups is 1. The molecule has 0 aliphatic carbocycles. The fourth-order valence-corrected chi connectivity index (χ4v) is 4.51. The zero-order chi connectivity index (χ0) is 20.2. The Kier molecular flexibility index (Phi) is 6.17. The van der Waals surface area contributed by atoms with Crippen LogP contribution in [0.5, 0.6) is 0 Å².